The van der Waals surface area contributed by atoms with Crippen LogP contribution in [0.25, 0.3) is 166 Å². The number of hydrogen-bond donors (Lipinski definition) is 0. The zero-order valence-corrected chi connectivity index (χ0v) is 55.1. The Morgan fingerprint density at radius 2 is 0.398 bits per heavy atom. The highest BCUT2D eigenvalue weighted by atomic mass is 16.5. The van der Waals surface area contributed by atoms with Gasteiger partial charge < -0.3 is 37.2 Å². The Labute approximate surface area is 567 Å². The highest BCUT2D eigenvalue weighted by molar-refractivity contribution is 6.15. The van der Waals surface area contributed by atoms with Crippen molar-refractivity contribution in [1.29, 1.82) is 0 Å². The molecule has 0 atom stereocenters. The van der Waals surface area contributed by atoms with Crippen LogP contribution in [-0.2, 0) is 0 Å². The van der Waals surface area contributed by atoms with Crippen molar-refractivity contribution in [2.24, 2.45) is 0 Å². The summed E-state index contributed by atoms with van der Waals surface area (Å²) < 4.78 is 32.0. The van der Waals surface area contributed by atoms with Crippen molar-refractivity contribution in [2.75, 3.05) is 28.4 Å². The maximum Gasteiger partial charge on any atom is 0.119 e. The van der Waals surface area contributed by atoms with Gasteiger partial charge in [-0.1, -0.05) is 97.1 Å². The van der Waals surface area contributed by atoms with E-state index in [1.165, 1.54) is 54.2 Å². The van der Waals surface area contributed by atoms with E-state index in [4.69, 9.17) is 18.9 Å². The van der Waals surface area contributed by atoms with Crippen LogP contribution in [-0.4, -0.2) is 46.7 Å². The molecule has 0 fully saturated rings. The first-order valence-corrected chi connectivity index (χ1v) is 33.2. The molecular formula is C90H66N4O4. The van der Waals surface area contributed by atoms with Crippen molar-refractivity contribution in [3.05, 3.63) is 302 Å². The van der Waals surface area contributed by atoms with E-state index in [-0.39, 0.29) is 0 Å². The average Bonchev–Trinajstić information content (AvgIpc) is 1.47. The van der Waals surface area contributed by atoms with Crippen molar-refractivity contribution in [3.8, 4) is 101 Å². The van der Waals surface area contributed by atoms with Crippen LogP contribution in [0.1, 0.15) is 11.1 Å². The molecule has 18 rings (SSSR count). The number of aromatic nitrogens is 4. The lowest BCUT2D eigenvalue weighted by Gasteiger charge is -2.20. The topological polar surface area (TPSA) is 56.6 Å². The minimum absolute atomic E-state index is 0.822. The highest BCUT2D eigenvalue weighted by Gasteiger charge is 2.23. The van der Waals surface area contributed by atoms with Crippen molar-refractivity contribution in [3.63, 3.8) is 0 Å². The van der Waals surface area contributed by atoms with E-state index in [0.717, 1.165) is 146 Å². The second kappa shape index (κ2) is 23.1. The van der Waals surface area contributed by atoms with Crippen LogP contribution in [0.3, 0.4) is 0 Å². The summed E-state index contributed by atoms with van der Waals surface area (Å²) in [6.45, 7) is 4.62. The monoisotopic (exact) mass is 1270 g/mol. The number of fused-ring (bicyclic) bond motifs is 12. The Balaban J connectivity index is 0.890. The molecule has 0 amide bonds. The van der Waals surface area contributed by atoms with Crippen LogP contribution >= 0.6 is 0 Å². The molecule has 0 spiro atoms. The minimum atomic E-state index is 0.822. The van der Waals surface area contributed by atoms with Crippen molar-refractivity contribution in [1.82, 2.24) is 18.3 Å². The third kappa shape index (κ3) is 9.27. The Kier molecular flexibility index (Phi) is 13.7. The number of ether oxygens (including phenoxy) is 4. The fourth-order valence-electron chi connectivity index (χ4n) is 15.6. The van der Waals surface area contributed by atoms with Gasteiger partial charge in [0.15, 0.2) is 0 Å². The Morgan fingerprint density at radius 1 is 0.194 bits per heavy atom. The molecule has 0 saturated carbocycles. The van der Waals surface area contributed by atoms with Gasteiger partial charge in [0.2, 0.25) is 0 Å². The predicted octanol–water partition coefficient (Wildman–Crippen LogP) is 23.1. The largest absolute Gasteiger partial charge is 0.497 e. The van der Waals surface area contributed by atoms with Crippen LogP contribution in [0.5, 0.6) is 23.0 Å². The molecule has 0 saturated heterocycles. The molecule has 0 unspecified atom stereocenters. The average molecular weight is 1270 g/mol. The fourth-order valence-corrected chi connectivity index (χ4v) is 15.6. The fraction of sp³-hybridized carbons (Fsp3) is 0.0667. The standard InChI is InChI=1S/C90H66N4O4/c1-55-75(57-23-43-87-79(47-57)71-15-7-11-19-83(71)91(87)63-27-35-67(95-3)36-28-63)51-61(52-76(55)58-24-44-88-80(48-58)72-16-8-12-20-84(72)92(88)64-29-37-68(96-4)38-30-64)62-53-77(59-25-45-89-81(49-59)73-17-9-13-21-85(73)93(89)65-31-39-69(97-5)40-32-65)56(2)78(54-62)60-26-46-90-82(50-60)74-18-10-14-22-86(74)94(90)66-33-41-70(98-6)42-34-66/h7-54H,1-6H3. The molecule has 0 aliphatic carbocycles. The van der Waals surface area contributed by atoms with E-state index in [2.05, 4.69) is 275 Å². The van der Waals surface area contributed by atoms with Gasteiger partial charge in [0, 0.05) is 65.8 Å². The second-order valence-electron chi connectivity index (χ2n) is 25.5. The van der Waals surface area contributed by atoms with Crippen LogP contribution in [0.15, 0.2) is 291 Å². The molecule has 0 N–H and O–H groups in total. The van der Waals surface area contributed by atoms with Crippen molar-refractivity contribution < 1.29 is 18.9 Å². The summed E-state index contributed by atoms with van der Waals surface area (Å²) in [6, 6.07) is 107. The molecule has 4 aromatic heterocycles. The maximum atomic E-state index is 5.63. The summed E-state index contributed by atoms with van der Waals surface area (Å²) in [5.74, 6) is 3.29. The summed E-state index contributed by atoms with van der Waals surface area (Å²) >= 11 is 0. The number of hydrogen-bond acceptors (Lipinski definition) is 4. The lowest BCUT2D eigenvalue weighted by Crippen LogP contribution is -1.96. The third-order valence-corrected chi connectivity index (χ3v) is 20.4. The molecule has 8 nitrogen and oxygen atoms in total. The van der Waals surface area contributed by atoms with Crippen LogP contribution < -0.4 is 18.9 Å². The number of nitrogens with zero attached hydrogens (tertiary/aromatic N) is 4. The van der Waals surface area contributed by atoms with E-state index in [9.17, 15) is 0 Å². The maximum absolute atomic E-state index is 5.63. The first-order valence-electron chi connectivity index (χ1n) is 33.2. The molecule has 14 aromatic carbocycles. The molecule has 0 bridgehead atoms. The third-order valence-electron chi connectivity index (χ3n) is 20.4. The quantitative estimate of drug-likeness (QED) is 0.115. The van der Waals surface area contributed by atoms with Crippen LogP contribution in [0.4, 0.5) is 0 Å². The number of para-hydroxylation sites is 4. The summed E-state index contributed by atoms with van der Waals surface area (Å²) in [4.78, 5) is 0. The molecule has 18 aromatic rings. The van der Waals surface area contributed by atoms with Crippen molar-refractivity contribution >= 4 is 87.2 Å². The summed E-state index contributed by atoms with van der Waals surface area (Å²) in [7, 11) is 6.86. The molecule has 470 valence electrons. The lowest BCUT2D eigenvalue weighted by molar-refractivity contribution is 0.414. The number of benzene rings is 14. The van der Waals surface area contributed by atoms with Gasteiger partial charge in [0.1, 0.15) is 23.0 Å². The summed E-state index contributed by atoms with van der Waals surface area (Å²) in [5.41, 5.74) is 27.2. The normalized spacial score (nSPS) is 11.8. The van der Waals surface area contributed by atoms with Gasteiger partial charge in [-0.05, 0) is 275 Å². The molecule has 0 aliphatic rings. The Hall–Kier alpha value is -12.5. The highest BCUT2D eigenvalue weighted by Crippen LogP contribution is 2.47. The molecule has 0 aliphatic heterocycles. The summed E-state index contributed by atoms with van der Waals surface area (Å²) in [6.07, 6.45) is 0. The SMILES string of the molecule is COc1ccc(-n2c3ccccc3c3cc(-c4cc(-c5cc(-c6ccc7c(c6)c6ccccc6n7-c6ccc(OC)cc6)c(C)c(-c6ccc7c(c6)c6ccccc6n7-c6ccc(OC)cc6)c5)cc(-c5ccc6c(c5)c5ccccc5n6-c5ccc(OC)cc5)c4C)ccc32)cc1. The first kappa shape index (κ1) is 58.1. The molecule has 0 radical (unpaired) electrons. The molecular weight excluding hydrogens is 1200 g/mol. The zero-order chi connectivity index (χ0) is 65.9. The van der Waals surface area contributed by atoms with Gasteiger partial charge in [-0.3, -0.25) is 0 Å². The number of methoxy groups -OCH3 is 4. The van der Waals surface area contributed by atoms with Crippen molar-refractivity contribution in [2.45, 2.75) is 13.8 Å². The first-order chi connectivity index (χ1) is 48.2. The number of rotatable bonds is 13. The van der Waals surface area contributed by atoms with E-state index in [1.54, 1.807) is 28.4 Å². The predicted molar refractivity (Wildman–Crippen MR) is 407 cm³/mol. The smallest absolute Gasteiger partial charge is 0.119 e. The summed E-state index contributed by atoms with van der Waals surface area (Å²) in [5, 5.41) is 9.48. The molecule has 98 heavy (non-hydrogen) atoms. The van der Waals surface area contributed by atoms with Crippen LogP contribution in [0.2, 0.25) is 0 Å². The van der Waals surface area contributed by atoms with Gasteiger partial charge in [-0.15, -0.1) is 0 Å². The van der Waals surface area contributed by atoms with Gasteiger partial charge in [-0.25, -0.2) is 0 Å². The lowest BCUT2D eigenvalue weighted by atomic mass is 9.84. The Bertz CT molecular complexity index is 5470. The molecule has 8 heteroatoms. The van der Waals surface area contributed by atoms with E-state index >= 15 is 0 Å². The van der Waals surface area contributed by atoms with Gasteiger partial charge in [-0.2, -0.15) is 0 Å². The van der Waals surface area contributed by atoms with Gasteiger partial charge in [0.05, 0.1) is 72.6 Å². The second-order valence-corrected chi connectivity index (χ2v) is 25.5. The van der Waals surface area contributed by atoms with E-state index in [0.29, 0.717) is 0 Å². The van der Waals surface area contributed by atoms with Gasteiger partial charge in [0.25, 0.3) is 0 Å². The Morgan fingerprint density at radius 3 is 0.612 bits per heavy atom. The minimum Gasteiger partial charge on any atom is -0.497 e. The molecule has 4 heterocycles. The zero-order valence-electron chi connectivity index (χ0n) is 55.1. The van der Waals surface area contributed by atoms with E-state index in [1.807, 2.05) is 48.5 Å². The van der Waals surface area contributed by atoms with Gasteiger partial charge >= 0.3 is 0 Å². The van der Waals surface area contributed by atoms with Crippen LogP contribution in [0, 0.1) is 13.8 Å². The van der Waals surface area contributed by atoms with E-state index < -0.39 is 0 Å².